The van der Waals surface area contributed by atoms with E-state index in [2.05, 4.69) is 17.5 Å². The number of rotatable bonds is 4. The molecule has 1 heteroatoms. The highest BCUT2D eigenvalue weighted by Crippen LogP contribution is 1.95. The number of allylic oxidation sites excluding steroid dienone is 4. The molecule has 0 bridgehead atoms. The van der Waals surface area contributed by atoms with E-state index in [4.69, 9.17) is 0 Å². The second kappa shape index (κ2) is 7.29. The Morgan fingerprint density at radius 1 is 1.27 bits per heavy atom. The van der Waals surface area contributed by atoms with Crippen molar-refractivity contribution in [1.82, 2.24) is 5.32 Å². The van der Waals surface area contributed by atoms with Crippen molar-refractivity contribution in [3.05, 3.63) is 36.0 Å². The molecule has 0 heterocycles. The Morgan fingerprint density at radius 3 is 2.45 bits per heavy atom. The molecular weight excluding hydrogens is 134 g/mol. The molecule has 1 N–H and O–H groups in total. The Balaban J connectivity index is 4.07. The van der Waals surface area contributed by atoms with Crippen LogP contribution < -0.4 is 5.32 Å². The van der Waals surface area contributed by atoms with E-state index in [1.165, 1.54) is 5.57 Å². The lowest BCUT2D eigenvalue weighted by atomic mass is 10.2. The third-order valence-corrected chi connectivity index (χ3v) is 1.26. The van der Waals surface area contributed by atoms with Gasteiger partial charge in [0.05, 0.1) is 0 Å². The molecule has 0 aromatic heterocycles. The fraction of sp³-hybridized carbons (Fsp3) is 0.400. The maximum Gasteiger partial charge on any atom is 0.0202 e. The minimum Gasteiger partial charge on any atom is -0.316 e. The third-order valence-electron chi connectivity index (χ3n) is 1.26. The van der Waals surface area contributed by atoms with Gasteiger partial charge in [0.1, 0.15) is 0 Å². The average Bonchev–Trinajstić information content (AvgIpc) is 2.01. The molecule has 0 radical (unpaired) electrons. The molecule has 0 saturated carbocycles. The molecule has 0 rings (SSSR count). The Morgan fingerprint density at radius 2 is 2.00 bits per heavy atom. The first-order valence-corrected chi connectivity index (χ1v) is 3.94. The van der Waals surface area contributed by atoms with E-state index in [1.807, 2.05) is 39.1 Å². The van der Waals surface area contributed by atoms with Crippen LogP contribution in [0, 0.1) is 0 Å². The first-order valence-electron chi connectivity index (χ1n) is 3.94. The van der Waals surface area contributed by atoms with Crippen LogP contribution >= 0.6 is 0 Å². The molecule has 11 heavy (non-hydrogen) atoms. The molecule has 0 atom stereocenters. The second-order valence-corrected chi connectivity index (χ2v) is 2.30. The van der Waals surface area contributed by atoms with Gasteiger partial charge in [-0.1, -0.05) is 30.4 Å². The largest absolute Gasteiger partial charge is 0.316 e. The molecule has 0 aliphatic carbocycles. The maximum absolute atomic E-state index is 3.11. The summed E-state index contributed by atoms with van der Waals surface area (Å²) in [6.07, 6.45) is 10.3. The van der Waals surface area contributed by atoms with Gasteiger partial charge >= 0.3 is 0 Å². The van der Waals surface area contributed by atoms with Crippen LogP contribution in [-0.2, 0) is 0 Å². The molecule has 0 aliphatic heterocycles. The minimum atomic E-state index is 0.925. The van der Waals surface area contributed by atoms with E-state index in [1.54, 1.807) is 0 Å². The number of hydrogen-bond donors (Lipinski definition) is 1. The molecule has 0 saturated heterocycles. The van der Waals surface area contributed by atoms with Crippen LogP contribution in [0.15, 0.2) is 36.0 Å². The lowest BCUT2D eigenvalue weighted by molar-refractivity contribution is 0.895. The molecule has 1 nitrogen and oxygen atoms in total. The van der Waals surface area contributed by atoms with Gasteiger partial charge in [-0.05, 0) is 26.5 Å². The summed E-state index contributed by atoms with van der Waals surface area (Å²) in [6, 6.07) is 0. The summed E-state index contributed by atoms with van der Waals surface area (Å²) in [5.41, 5.74) is 1.30. The summed E-state index contributed by atoms with van der Waals surface area (Å²) in [7, 11) is 1.95. The van der Waals surface area contributed by atoms with Gasteiger partial charge in [0, 0.05) is 6.54 Å². The van der Waals surface area contributed by atoms with Crippen LogP contribution in [0.25, 0.3) is 0 Å². The lowest BCUT2D eigenvalue weighted by Gasteiger charge is -1.97. The standard InChI is InChI=1S/C10H17N/c1-4-6-8-10(7-5-2)9-11-3/h4-8,11H,9H2,1-3H3/b6-4-,7-5+,10-8+. The van der Waals surface area contributed by atoms with Gasteiger partial charge in [-0.25, -0.2) is 0 Å². The van der Waals surface area contributed by atoms with Gasteiger partial charge in [-0.2, -0.15) is 0 Å². The molecule has 0 aromatic carbocycles. The molecule has 0 aromatic rings. The second-order valence-electron chi connectivity index (χ2n) is 2.30. The van der Waals surface area contributed by atoms with E-state index in [9.17, 15) is 0 Å². The first-order chi connectivity index (χ1) is 5.35. The third kappa shape index (κ3) is 5.62. The maximum atomic E-state index is 3.11. The van der Waals surface area contributed by atoms with Gasteiger partial charge in [0.15, 0.2) is 0 Å². The van der Waals surface area contributed by atoms with E-state index >= 15 is 0 Å². The predicted molar refractivity (Wildman–Crippen MR) is 51.6 cm³/mol. The summed E-state index contributed by atoms with van der Waals surface area (Å²) in [6.45, 7) is 4.97. The van der Waals surface area contributed by atoms with Crippen molar-refractivity contribution in [3.8, 4) is 0 Å². The van der Waals surface area contributed by atoms with Gasteiger partial charge in [-0.3, -0.25) is 0 Å². The van der Waals surface area contributed by atoms with Gasteiger partial charge in [-0.15, -0.1) is 0 Å². The lowest BCUT2D eigenvalue weighted by Crippen LogP contribution is -2.08. The highest BCUT2D eigenvalue weighted by Gasteiger charge is 1.85. The van der Waals surface area contributed by atoms with E-state index < -0.39 is 0 Å². The first kappa shape index (κ1) is 10.2. The molecular formula is C10H17N. The van der Waals surface area contributed by atoms with Crippen molar-refractivity contribution in [2.45, 2.75) is 13.8 Å². The zero-order valence-electron chi connectivity index (χ0n) is 7.59. The summed E-state index contributed by atoms with van der Waals surface area (Å²) in [5, 5.41) is 3.11. The van der Waals surface area contributed by atoms with Gasteiger partial charge in [0.2, 0.25) is 0 Å². The number of hydrogen-bond acceptors (Lipinski definition) is 1. The fourth-order valence-corrected chi connectivity index (χ4v) is 0.811. The molecule has 62 valence electrons. The van der Waals surface area contributed by atoms with Crippen LogP contribution in [-0.4, -0.2) is 13.6 Å². The topological polar surface area (TPSA) is 12.0 Å². The summed E-state index contributed by atoms with van der Waals surface area (Å²) >= 11 is 0. The summed E-state index contributed by atoms with van der Waals surface area (Å²) < 4.78 is 0. The van der Waals surface area contributed by atoms with Crippen LogP contribution in [0.4, 0.5) is 0 Å². The quantitative estimate of drug-likeness (QED) is 0.608. The Labute approximate surface area is 69.5 Å². The SMILES string of the molecule is C\C=C/C=C(\C=C\C)CNC. The molecule has 0 fully saturated rings. The van der Waals surface area contributed by atoms with Crippen molar-refractivity contribution < 1.29 is 0 Å². The van der Waals surface area contributed by atoms with Crippen molar-refractivity contribution in [1.29, 1.82) is 0 Å². The normalized spacial score (nSPS) is 13.5. The Hall–Kier alpha value is -0.820. The van der Waals surface area contributed by atoms with Crippen molar-refractivity contribution in [2.75, 3.05) is 13.6 Å². The zero-order chi connectivity index (χ0) is 8.53. The summed E-state index contributed by atoms with van der Waals surface area (Å²) in [5.74, 6) is 0. The highest BCUT2D eigenvalue weighted by atomic mass is 14.8. The van der Waals surface area contributed by atoms with Gasteiger partial charge < -0.3 is 5.32 Å². The number of likely N-dealkylation sites (N-methyl/N-ethyl adjacent to an activating group) is 1. The van der Waals surface area contributed by atoms with Crippen molar-refractivity contribution in [3.63, 3.8) is 0 Å². The van der Waals surface area contributed by atoms with Crippen LogP contribution in [0.2, 0.25) is 0 Å². The highest BCUT2D eigenvalue weighted by molar-refractivity contribution is 5.24. The van der Waals surface area contributed by atoms with Crippen LogP contribution in [0.5, 0.6) is 0 Å². The van der Waals surface area contributed by atoms with E-state index in [0.29, 0.717) is 0 Å². The number of nitrogens with one attached hydrogen (secondary N) is 1. The zero-order valence-corrected chi connectivity index (χ0v) is 7.59. The summed E-state index contributed by atoms with van der Waals surface area (Å²) in [4.78, 5) is 0. The molecule has 0 aliphatic rings. The van der Waals surface area contributed by atoms with Crippen molar-refractivity contribution >= 4 is 0 Å². The smallest absolute Gasteiger partial charge is 0.0202 e. The molecule has 0 amide bonds. The van der Waals surface area contributed by atoms with Crippen molar-refractivity contribution in [2.24, 2.45) is 0 Å². The Bertz CT molecular complexity index is 164. The van der Waals surface area contributed by atoms with Crippen LogP contribution in [0.3, 0.4) is 0 Å². The molecule has 0 unspecified atom stereocenters. The van der Waals surface area contributed by atoms with E-state index in [0.717, 1.165) is 6.54 Å². The predicted octanol–water partition coefficient (Wildman–Crippen LogP) is 2.28. The fourth-order valence-electron chi connectivity index (χ4n) is 0.811. The minimum absolute atomic E-state index is 0.925. The Kier molecular flexibility index (Phi) is 6.75. The van der Waals surface area contributed by atoms with E-state index in [-0.39, 0.29) is 0 Å². The monoisotopic (exact) mass is 151 g/mol. The van der Waals surface area contributed by atoms with Crippen LogP contribution in [0.1, 0.15) is 13.8 Å². The molecule has 0 spiro atoms. The average molecular weight is 151 g/mol. The van der Waals surface area contributed by atoms with Gasteiger partial charge in [0.25, 0.3) is 0 Å².